The molecule has 0 bridgehead atoms. The molecule has 1 atom stereocenters. The largest absolute Gasteiger partial charge is 0.454 e. The van der Waals surface area contributed by atoms with Crippen LogP contribution in [0, 0.1) is 18.6 Å². The highest BCUT2D eigenvalue weighted by Gasteiger charge is 2.16. The Morgan fingerprint density at radius 3 is 2.47 bits per heavy atom. The number of hydrogen-bond donors (Lipinski definition) is 1. The van der Waals surface area contributed by atoms with E-state index in [4.69, 9.17) is 4.74 Å². The van der Waals surface area contributed by atoms with Crippen LogP contribution in [0.25, 0.3) is 0 Å². The van der Waals surface area contributed by atoms with E-state index in [1.54, 1.807) is 13.0 Å². The normalized spacial score (nSPS) is 12.3. The summed E-state index contributed by atoms with van der Waals surface area (Å²) in [5.41, 5.74) is 0.842. The molecule has 0 heterocycles. The first-order chi connectivity index (χ1) is 8.99. The Bertz CT molecular complexity index is 595. The molecule has 2 nitrogen and oxygen atoms in total. The highest BCUT2D eigenvalue weighted by atomic mass is 19.1. The molecule has 0 aliphatic heterocycles. The first-order valence-electron chi connectivity index (χ1n) is 5.89. The molecule has 19 heavy (non-hydrogen) atoms. The Kier molecular flexibility index (Phi) is 3.81. The van der Waals surface area contributed by atoms with Crippen molar-refractivity contribution in [2.24, 2.45) is 0 Å². The molecule has 0 saturated heterocycles. The third-order valence-corrected chi connectivity index (χ3v) is 2.74. The minimum Gasteiger partial charge on any atom is -0.454 e. The quantitative estimate of drug-likeness (QED) is 0.903. The molecule has 0 aliphatic carbocycles. The van der Waals surface area contributed by atoms with Gasteiger partial charge in [-0.15, -0.1) is 0 Å². The number of benzene rings is 2. The molecule has 0 aliphatic rings. The van der Waals surface area contributed by atoms with Gasteiger partial charge in [0.05, 0.1) is 11.7 Å². The number of aliphatic hydroxyl groups is 1. The third kappa shape index (κ3) is 2.90. The lowest BCUT2D eigenvalue weighted by molar-refractivity contribution is 0.190. The van der Waals surface area contributed by atoms with Crippen LogP contribution in [0.2, 0.25) is 0 Å². The van der Waals surface area contributed by atoms with Gasteiger partial charge in [0.25, 0.3) is 0 Å². The van der Waals surface area contributed by atoms with Crippen LogP contribution in [0.15, 0.2) is 36.4 Å². The lowest BCUT2D eigenvalue weighted by atomic mass is 10.1. The number of hydrogen-bond acceptors (Lipinski definition) is 2. The molecule has 2 aromatic rings. The molecule has 2 rings (SSSR count). The Labute approximate surface area is 110 Å². The maximum absolute atomic E-state index is 13.6. The smallest absolute Gasteiger partial charge is 0.165 e. The van der Waals surface area contributed by atoms with Crippen LogP contribution in [0.5, 0.6) is 11.5 Å². The van der Waals surface area contributed by atoms with E-state index in [0.717, 1.165) is 5.56 Å². The van der Waals surface area contributed by atoms with Crippen LogP contribution in [0.3, 0.4) is 0 Å². The van der Waals surface area contributed by atoms with Gasteiger partial charge in [0.2, 0.25) is 0 Å². The Morgan fingerprint density at radius 2 is 1.79 bits per heavy atom. The summed E-state index contributed by atoms with van der Waals surface area (Å²) in [4.78, 5) is 0. The van der Waals surface area contributed by atoms with Crippen molar-refractivity contribution < 1.29 is 18.6 Å². The Hall–Kier alpha value is -1.94. The van der Waals surface area contributed by atoms with Crippen molar-refractivity contribution in [1.29, 1.82) is 0 Å². The van der Waals surface area contributed by atoms with E-state index in [2.05, 4.69) is 0 Å². The zero-order valence-electron chi connectivity index (χ0n) is 10.7. The zero-order chi connectivity index (χ0) is 14.0. The van der Waals surface area contributed by atoms with Crippen molar-refractivity contribution in [1.82, 2.24) is 0 Å². The first kappa shape index (κ1) is 13.5. The lowest BCUT2D eigenvalue weighted by Gasteiger charge is -2.14. The van der Waals surface area contributed by atoms with Crippen LogP contribution >= 0.6 is 0 Å². The standard InChI is InChI=1S/C15H14F2O2/c1-9-6-7-11(16)14(8-9)19-13-5-3-4-12(17)15(13)10(2)18/h3-8,10,18H,1-2H3/t10-/m1/s1. The highest BCUT2D eigenvalue weighted by molar-refractivity contribution is 5.41. The first-order valence-corrected chi connectivity index (χ1v) is 5.89. The lowest BCUT2D eigenvalue weighted by Crippen LogP contribution is -2.00. The maximum Gasteiger partial charge on any atom is 0.165 e. The molecule has 0 spiro atoms. The van der Waals surface area contributed by atoms with E-state index in [9.17, 15) is 13.9 Å². The number of aliphatic hydroxyl groups excluding tert-OH is 1. The van der Waals surface area contributed by atoms with Crippen molar-refractivity contribution in [3.05, 3.63) is 59.2 Å². The van der Waals surface area contributed by atoms with E-state index >= 15 is 0 Å². The summed E-state index contributed by atoms with van der Waals surface area (Å²) in [6.07, 6.45) is -1.04. The van der Waals surface area contributed by atoms with Crippen molar-refractivity contribution in [2.45, 2.75) is 20.0 Å². The molecular formula is C15H14F2O2. The third-order valence-electron chi connectivity index (χ3n) is 2.74. The number of halogens is 2. The van der Waals surface area contributed by atoms with Crippen molar-refractivity contribution in [3.8, 4) is 11.5 Å². The average molecular weight is 264 g/mol. The van der Waals surface area contributed by atoms with Crippen LogP contribution < -0.4 is 4.74 Å². The van der Waals surface area contributed by atoms with E-state index < -0.39 is 17.7 Å². The Balaban J connectivity index is 2.44. The molecule has 100 valence electrons. The minimum atomic E-state index is -1.04. The Morgan fingerprint density at radius 1 is 1.05 bits per heavy atom. The van der Waals surface area contributed by atoms with Crippen LogP contribution in [-0.2, 0) is 0 Å². The molecule has 0 radical (unpaired) electrons. The molecule has 0 amide bonds. The van der Waals surface area contributed by atoms with Crippen molar-refractivity contribution in [3.63, 3.8) is 0 Å². The average Bonchev–Trinajstić information content (AvgIpc) is 2.33. The van der Waals surface area contributed by atoms with Gasteiger partial charge in [-0.25, -0.2) is 8.78 Å². The fourth-order valence-electron chi connectivity index (χ4n) is 1.82. The fraction of sp³-hybridized carbons (Fsp3) is 0.200. The van der Waals surface area contributed by atoms with Gasteiger partial charge >= 0.3 is 0 Å². The van der Waals surface area contributed by atoms with Gasteiger partial charge < -0.3 is 9.84 Å². The molecule has 0 unspecified atom stereocenters. The van der Waals surface area contributed by atoms with E-state index in [-0.39, 0.29) is 17.1 Å². The molecule has 4 heteroatoms. The summed E-state index contributed by atoms with van der Waals surface area (Å²) >= 11 is 0. The number of aryl methyl sites for hydroxylation is 1. The second-order valence-electron chi connectivity index (χ2n) is 4.36. The van der Waals surface area contributed by atoms with Gasteiger partial charge in [0.15, 0.2) is 11.6 Å². The molecule has 0 saturated carbocycles. The van der Waals surface area contributed by atoms with Gasteiger partial charge in [-0.1, -0.05) is 12.1 Å². The van der Waals surface area contributed by atoms with E-state index in [1.165, 1.54) is 37.3 Å². The van der Waals surface area contributed by atoms with Crippen LogP contribution in [-0.4, -0.2) is 5.11 Å². The summed E-state index contributed by atoms with van der Waals surface area (Å²) in [5, 5.41) is 9.57. The van der Waals surface area contributed by atoms with Gasteiger partial charge in [0, 0.05) is 0 Å². The van der Waals surface area contributed by atoms with E-state index in [1.807, 2.05) is 0 Å². The van der Waals surface area contributed by atoms with Gasteiger partial charge in [-0.05, 0) is 43.7 Å². The monoisotopic (exact) mass is 264 g/mol. The van der Waals surface area contributed by atoms with E-state index in [0.29, 0.717) is 0 Å². The van der Waals surface area contributed by atoms with Crippen molar-refractivity contribution >= 4 is 0 Å². The molecule has 0 aromatic heterocycles. The molecular weight excluding hydrogens is 250 g/mol. The minimum absolute atomic E-state index is 0.00694. The fourth-order valence-corrected chi connectivity index (χ4v) is 1.82. The summed E-state index contributed by atoms with van der Waals surface area (Å²) in [6, 6.07) is 8.58. The number of ether oxygens (including phenoxy) is 1. The SMILES string of the molecule is Cc1ccc(F)c(Oc2cccc(F)c2[C@@H](C)O)c1. The second kappa shape index (κ2) is 5.36. The predicted octanol–water partition coefficient (Wildman–Crippen LogP) is 4.12. The van der Waals surface area contributed by atoms with Gasteiger partial charge in [-0.2, -0.15) is 0 Å². The molecule has 0 fully saturated rings. The maximum atomic E-state index is 13.6. The van der Waals surface area contributed by atoms with Crippen LogP contribution in [0.1, 0.15) is 24.2 Å². The summed E-state index contributed by atoms with van der Waals surface area (Å²) < 4.78 is 32.6. The molecule has 2 aromatic carbocycles. The topological polar surface area (TPSA) is 29.5 Å². The second-order valence-corrected chi connectivity index (χ2v) is 4.36. The molecule has 1 N–H and O–H groups in total. The predicted molar refractivity (Wildman–Crippen MR) is 68.2 cm³/mol. The zero-order valence-corrected chi connectivity index (χ0v) is 10.7. The van der Waals surface area contributed by atoms with Crippen molar-refractivity contribution in [2.75, 3.05) is 0 Å². The van der Waals surface area contributed by atoms with Gasteiger partial charge in [0.1, 0.15) is 11.6 Å². The number of rotatable bonds is 3. The van der Waals surface area contributed by atoms with Gasteiger partial charge in [-0.3, -0.25) is 0 Å². The summed E-state index contributed by atoms with van der Waals surface area (Å²) in [5.74, 6) is -1.00. The van der Waals surface area contributed by atoms with Crippen LogP contribution in [0.4, 0.5) is 8.78 Å². The highest BCUT2D eigenvalue weighted by Crippen LogP contribution is 2.33. The summed E-state index contributed by atoms with van der Waals surface area (Å²) in [7, 11) is 0. The summed E-state index contributed by atoms with van der Waals surface area (Å²) in [6.45, 7) is 3.23.